The summed E-state index contributed by atoms with van der Waals surface area (Å²) in [5, 5.41) is 40.2. The van der Waals surface area contributed by atoms with Crippen molar-refractivity contribution in [1.82, 2.24) is 0 Å². The van der Waals surface area contributed by atoms with E-state index in [0.717, 1.165) is 32.1 Å². The fourth-order valence-corrected chi connectivity index (χ4v) is 7.97. The van der Waals surface area contributed by atoms with Crippen LogP contribution in [-0.4, -0.2) is 89.0 Å². The van der Waals surface area contributed by atoms with Crippen molar-refractivity contribution in [2.75, 3.05) is 19.8 Å². The number of carbonyl (C=O) groups excluding carboxylic acids is 2. The molecule has 1 aliphatic heterocycles. The number of hydrogen-bond donors (Lipinski definition) is 4. The maximum absolute atomic E-state index is 12.8. The molecule has 65 heavy (non-hydrogen) atoms. The van der Waals surface area contributed by atoms with Crippen LogP contribution in [0.2, 0.25) is 0 Å². The first-order valence-corrected chi connectivity index (χ1v) is 26.7. The van der Waals surface area contributed by atoms with Gasteiger partial charge in [-0.25, -0.2) is 0 Å². The van der Waals surface area contributed by atoms with Gasteiger partial charge in [0.2, 0.25) is 0 Å². The molecule has 1 fully saturated rings. The average Bonchev–Trinajstić information content (AvgIpc) is 3.30. The molecule has 4 N–H and O–H groups in total. The van der Waals surface area contributed by atoms with Gasteiger partial charge in [0, 0.05) is 12.8 Å². The Balaban J connectivity index is 2.27. The van der Waals surface area contributed by atoms with Gasteiger partial charge < -0.3 is 39.4 Å². The van der Waals surface area contributed by atoms with E-state index in [2.05, 4.69) is 56.4 Å². The zero-order chi connectivity index (χ0) is 47.3. The van der Waals surface area contributed by atoms with E-state index in [1.807, 2.05) is 6.08 Å². The van der Waals surface area contributed by atoms with Gasteiger partial charge in [-0.1, -0.05) is 204 Å². The lowest BCUT2D eigenvalue weighted by atomic mass is 9.99. The highest BCUT2D eigenvalue weighted by molar-refractivity contribution is 5.70. The van der Waals surface area contributed by atoms with Crippen molar-refractivity contribution in [1.29, 1.82) is 0 Å². The first-order valence-electron chi connectivity index (χ1n) is 26.7. The van der Waals surface area contributed by atoms with Gasteiger partial charge in [-0.05, 0) is 64.2 Å². The summed E-state index contributed by atoms with van der Waals surface area (Å²) < 4.78 is 22.2. The number of allylic oxidation sites excluding steroid dienone is 8. The molecular weight excluding hydrogens is 821 g/mol. The second-order valence-corrected chi connectivity index (χ2v) is 18.3. The lowest BCUT2D eigenvalue weighted by Gasteiger charge is -2.39. The molecule has 0 amide bonds. The number of hydrogen-bond acceptors (Lipinski definition) is 10. The molecule has 1 rings (SSSR count). The maximum atomic E-state index is 12.8. The van der Waals surface area contributed by atoms with Gasteiger partial charge in [0.25, 0.3) is 0 Å². The summed E-state index contributed by atoms with van der Waals surface area (Å²) in [7, 11) is 0. The number of ether oxygens (including phenoxy) is 4. The molecule has 1 heterocycles. The summed E-state index contributed by atoms with van der Waals surface area (Å²) in [6.07, 6.45) is 48.6. The molecular formula is C55H98O10. The van der Waals surface area contributed by atoms with Gasteiger partial charge >= 0.3 is 11.9 Å². The van der Waals surface area contributed by atoms with Crippen LogP contribution in [0.1, 0.15) is 232 Å². The first kappa shape index (κ1) is 60.7. The van der Waals surface area contributed by atoms with Gasteiger partial charge in [0.05, 0.1) is 13.2 Å². The SMILES string of the molecule is CCCCCCCC/C=C/C/C=C/C/C=C/CCCC(=O)O[C@@H](COC(=O)CCC/C=C/CCCCCCCCCCCCCCCCCCCC)CO[C@H]1O[C@@H](CO)[C@@H](O)C(O)C1O. The first-order chi connectivity index (χ1) is 31.8. The van der Waals surface area contributed by atoms with Crippen molar-refractivity contribution in [3.05, 3.63) is 48.6 Å². The van der Waals surface area contributed by atoms with Crippen molar-refractivity contribution in [3.8, 4) is 0 Å². The topological polar surface area (TPSA) is 152 Å². The highest BCUT2D eigenvalue weighted by atomic mass is 16.7. The smallest absolute Gasteiger partial charge is 0.306 e. The summed E-state index contributed by atoms with van der Waals surface area (Å²) in [6, 6.07) is 0. The molecule has 1 aliphatic rings. The largest absolute Gasteiger partial charge is 0.462 e. The summed E-state index contributed by atoms with van der Waals surface area (Å²) in [5.41, 5.74) is 0. The predicted octanol–water partition coefficient (Wildman–Crippen LogP) is 12.8. The fourth-order valence-electron chi connectivity index (χ4n) is 7.97. The van der Waals surface area contributed by atoms with E-state index < -0.39 is 55.4 Å². The third-order valence-corrected chi connectivity index (χ3v) is 12.2. The summed E-state index contributed by atoms with van der Waals surface area (Å²) >= 11 is 0. The van der Waals surface area contributed by atoms with Crippen molar-refractivity contribution in [3.63, 3.8) is 0 Å². The second kappa shape index (κ2) is 45.4. The summed E-state index contributed by atoms with van der Waals surface area (Å²) in [4.78, 5) is 25.4. The zero-order valence-electron chi connectivity index (χ0n) is 41.5. The zero-order valence-corrected chi connectivity index (χ0v) is 41.5. The Bertz CT molecular complexity index is 1200. The van der Waals surface area contributed by atoms with Crippen molar-refractivity contribution < 1.29 is 49.0 Å². The Kier molecular flexibility index (Phi) is 42.4. The van der Waals surface area contributed by atoms with E-state index in [4.69, 9.17) is 18.9 Å². The molecule has 0 aliphatic carbocycles. The summed E-state index contributed by atoms with van der Waals surface area (Å²) in [6.45, 7) is 3.37. The Hall–Kier alpha value is -2.34. The van der Waals surface area contributed by atoms with Gasteiger partial charge in [0.15, 0.2) is 12.4 Å². The van der Waals surface area contributed by atoms with E-state index in [1.54, 1.807) is 0 Å². The molecule has 0 aromatic heterocycles. The summed E-state index contributed by atoms with van der Waals surface area (Å²) in [5.74, 6) is -0.899. The minimum absolute atomic E-state index is 0.153. The number of rotatable bonds is 45. The quantitative estimate of drug-likeness (QED) is 0.0264. The van der Waals surface area contributed by atoms with Crippen molar-refractivity contribution in [2.24, 2.45) is 0 Å². The van der Waals surface area contributed by atoms with E-state index >= 15 is 0 Å². The highest BCUT2D eigenvalue weighted by Gasteiger charge is 2.44. The molecule has 0 aromatic carbocycles. The highest BCUT2D eigenvalue weighted by Crippen LogP contribution is 2.23. The molecule has 0 saturated carbocycles. The Labute approximate surface area is 397 Å². The third kappa shape index (κ3) is 36.4. The molecule has 0 spiro atoms. The van der Waals surface area contributed by atoms with Gasteiger partial charge in [-0.15, -0.1) is 0 Å². The van der Waals surface area contributed by atoms with Crippen LogP contribution < -0.4 is 0 Å². The Morgan fingerprint density at radius 3 is 1.31 bits per heavy atom. The molecule has 10 heteroatoms. The standard InChI is InChI=1S/C55H98O10/c1-3-5-7-9-11-13-15-17-19-21-22-23-24-25-26-28-29-31-33-35-37-39-41-43-50(57)62-46-48(47-63-55-54(61)53(60)52(59)49(45-56)65-55)64-51(58)44-42-40-38-36-34-32-30-27-20-18-16-14-12-10-8-6-4-2/h18,20,30,32,35-38,48-49,52-56,59-61H,3-17,19,21-29,31,33-34,39-47H2,1-2H3/b20-18+,32-30+,37-35+,38-36+/t48-,49-,52+,53?,54?,55-/m0/s1. The fraction of sp³-hybridized carbons (Fsp3) is 0.818. The molecule has 378 valence electrons. The van der Waals surface area contributed by atoms with Crippen LogP contribution in [0, 0.1) is 0 Å². The van der Waals surface area contributed by atoms with E-state index in [9.17, 15) is 30.0 Å². The number of aliphatic hydroxyl groups excluding tert-OH is 4. The third-order valence-electron chi connectivity index (χ3n) is 12.2. The second-order valence-electron chi connectivity index (χ2n) is 18.3. The molecule has 0 radical (unpaired) electrons. The van der Waals surface area contributed by atoms with Crippen LogP contribution in [0.4, 0.5) is 0 Å². The number of carbonyl (C=O) groups is 2. The molecule has 10 nitrogen and oxygen atoms in total. The van der Waals surface area contributed by atoms with Crippen molar-refractivity contribution in [2.45, 2.75) is 269 Å². The maximum Gasteiger partial charge on any atom is 0.306 e. The Morgan fingerprint density at radius 2 is 0.862 bits per heavy atom. The van der Waals surface area contributed by atoms with E-state index in [1.165, 1.54) is 154 Å². The van der Waals surface area contributed by atoms with Crippen molar-refractivity contribution >= 4 is 11.9 Å². The predicted molar refractivity (Wildman–Crippen MR) is 265 cm³/mol. The van der Waals surface area contributed by atoms with Crippen LogP contribution >= 0.6 is 0 Å². The van der Waals surface area contributed by atoms with Gasteiger partial charge in [-0.2, -0.15) is 0 Å². The lowest BCUT2D eigenvalue weighted by molar-refractivity contribution is -0.305. The number of unbranched alkanes of at least 4 members (excludes halogenated alkanes) is 26. The minimum Gasteiger partial charge on any atom is -0.462 e. The number of aliphatic hydroxyl groups is 4. The molecule has 1 saturated heterocycles. The minimum atomic E-state index is -1.61. The lowest BCUT2D eigenvalue weighted by Crippen LogP contribution is -2.59. The van der Waals surface area contributed by atoms with Crippen LogP contribution in [0.3, 0.4) is 0 Å². The van der Waals surface area contributed by atoms with E-state index in [0.29, 0.717) is 19.3 Å². The van der Waals surface area contributed by atoms with Gasteiger partial charge in [0.1, 0.15) is 31.0 Å². The number of esters is 2. The molecule has 2 unspecified atom stereocenters. The molecule has 0 aromatic rings. The van der Waals surface area contributed by atoms with E-state index in [-0.39, 0.29) is 26.1 Å². The van der Waals surface area contributed by atoms with Crippen LogP contribution in [0.5, 0.6) is 0 Å². The monoisotopic (exact) mass is 919 g/mol. The normalized spacial score (nSPS) is 19.6. The average molecular weight is 919 g/mol. The van der Waals surface area contributed by atoms with Gasteiger partial charge in [-0.3, -0.25) is 9.59 Å². The van der Waals surface area contributed by atoms with Crippen LogP contribution in [0.15, 0.2) is 48.6 Å². The van der Waals surface area contributed by atoms with Crippen LogP contribution in [-0.2, 0) is 28.5 Å². The molecule has 6 atom stereocenters. The van der Waals surface area contributed by atoms with Crippen LogP contribution in [0.25, 0.3) is 0 Å². The molecule has 0 bridgehead atoms. The Morgan fingerprint density at radius 1 is 0.477 bits per heavy atom.